The number of ether oxygens (including phenoxy) is 2. The van der Waals surface area contributed by atoms with E-state index in [-0.39, 0.29) is 0 Å². The van der Waals surface area contributed by atoms with Gasteiger partial charge < -0.3 is 20.1 Å². The van der Waals surface area contributed by atoms with E-state index < -0.39 is 0 Å². The lowest BCUT2D eigenvalue weighted by atomic mass is 9.98. The van der Waals surface area contributed by atoms with Gasteiger partial charge in [0, 0.05) is 32.2 Å². The highest BCUT2D eigenvalue weighted by atomic mass is 16.7. The number of hydrogen-bond acceptors (Lipinski definition) is 6. The Kier molecular flexibility index (Phi) is 6.75. The summed E-state index contributed by atoms with van der Waals surface area (Å²) in [5.74, 6) is 2.54. The van der Waals surface area contributed by atoms with Gasteiger partial charge >= 0.3 is 0 Å². The average molecular weight is 415 g/mol. The third-order valence-electron chi connectivity index (χ3n) is 7.33. The standard InChI is InChI=1S/C24H38N4O2/c1-2-11-26-24(7-1)28-12-4-6-21(28)17-27(16-20-5-3-10-25-14-20)15-19-8-9-22-23(13-19)30-18-29-22/h8-9,13,20-21,24-26H,1-7,10-12,14-18H2. The lowest BCUT2D eigenvalue weighted by molar-refractivity contribution is 0.0863. The molecule has 2 N–H and O–H groups in total. The van der Waals surface area contributed by atoms with Crippen molar-refractivity contribution in [2.75, 3.05) is 46.1 Å². The van der Waals surface area contributed by atoms with E-state index in [0.717, 1.165) is 30.5 Å². The molecule has 6 heteroatoms. The summed E-state index contributed by atoms with van der Waals surface area (Å²) >= 11 is 0. The van der Waals surface area contributed by atoms with E-state index in [1.807, 2.05) is 0 Å². The molecule has 3 saturated heterocycles. The van der Waals surface area contributed by atoms with Crippen LogP contribution in [-0.2, 0) is 6.54 Å². The Bertz CT molecular complexity index is 688. The molecule has 0 aromatic heterocycles. The van der Waals surface area contributed by atoms with Crippen LogP contribution in [0, 0.1) is 5.92 Å². The molecule has 30 heavy (non-hydrogen) atoms. The van der Waals surface area contributed by atoms with E-state index in [1.54, 1.807) is 0 Å². The van der Waals surface area contributed by atoms with Crippen LogP contribution in [0.3, 0.4) is 0 Å². The first-order valence-corrected chi connectivity index (χ1v) is 12.2. The second-order valence-electron chi connectivity index (χ2n) is 9.59. The highest BCUT2D eigenvalue weighted by molar-refractivity contribution is 5.44. The molecule has 3 unspecified atom stereocenters. The van der Waals surface area contributed by atoms with Crippen LogP contribution in [0.25, 0.3) is 0 Å². The van der Waals surface area contributed by atoms with Gasteiger partial charge in [0.2, 0.25) is 6.79 Å². The maximum absolute atomic E-state index is 5.63. The molecule has 5 rings (SSSR count). The van der Waals surface area contributed by atoms with Crippen molar-refractivity contribution >= 4 is 0 Å². The third kappa shape index (κ3) is 4.93. The van der Waals surface area contributed by atoms with Gasteiger partial charge in [0.1, 0.15) is 0 Å². The molecule has 0 bridgehead atoms. The van der Waals surface area contributed by atoms with Crippen molar-refractivity contribution in [3.8, 4) is 11.5 Å². The zero-order valence-electron chi connectivity index (χ0n) is 18.3. The zero-order chi connectivity index (χ0) is 20.2. The Hall–Kier alpha value is -1.34. The fourth-order valence-corrected chi connectivity index (χ4v) is 5.83. The number of benzene rings is 1. The topological polar surface area (TPSA) is 49.0 Å². The summed E-state index contributed by atoms with van der Waals surface area (Å²) in [5.41, 5.74) is 1.34. The van der Waals surface area contributed by atoms with Gasteiger partial charge in [-0.2, -0.15) is 0 Å². The first-order chi connectivity index (χ1) is 14.8. The van der Waals surface area contributed by atoms with Crippen molar-refractivity contribution in [2.45, 2.75) is 63.7 Å². The summed E-state index contributed by atoms with van der Waals surface area (Å²) in [5, 5.41) is 7.40. The molecule has 4 aliphatic heterocycles. The second-order valence-corrected chi connectivity index (χ2v) is 9.59. The highest BCUT2D eigenvalue weighted by Gasteiger charge is 2.33. The molecule has 0 spiro atoms. The van der Waals surface area contributed by atoms with Crippen LogP contribution in [0.5, 0.6) is 11.5 Å². The summed E-state index contributed by atoms with van der Waals surface area (Å²) in [6.45, 7) is 8.48. The van der Waals surface area contributed by atoms with Gasteiger partial charge in [-0.1, -0.05) is 6.07 Å². The molecule has 3 fully saturated rings. The molecule has 1 aromatic carbocycles. The van der Waals surface area contributed by atoms with Crippen LogP contribution in [0.1, 0.15) is 50.5 Å². The lowest BCUT2D eigenvalue weighted by Gasteiger charge is -2.39. The fraction of sp³-hybridized carbons (Fsp3) is 0.750. The van der Waals surface area contributed by atoms with Crippen LogP contribution in [-0.4, -0.2) is 68.1 Å². The van der Waals surface area contributed by atoms with E-state index in [9.17, 15) is 0 Å². The van der Waals surface area contributed by atoms with Gasteiger partial charge in [-0.15, -0.1) is 0 Å². The number of rotatable bonds is 7. The molecular formula is C24H38N4O2. The van der Waals surface area contributed by atoms with Crippen molar-refractivity contribution in [1.82, 2.24) is 20.4 Å². The van der Waals surface area contributed by atoms with Crippen LogP contribution in [0.2, 0.25) is 0 Å². The quantitative estimate of drug-likeness (QED) is 0.716. The Morgan fingerprint density at radius 3 is 2.80 bits per heavy atom. The van der Waals surface area contributed by atoms with Gasteiger partial charge in [0.15, 0.2) is 11.5 Å². The molecule has 0 aliphatic carbocycles. The van der Waals surface area contributed by atoms with Gasteiger partial charge in [0.25, 0.3) is 0 Å². The zero-order valence-corrected chi connectivity index (χ0v) is 18.3. The third-order valence-corrected chi connectivity index (χ3v) is 7.33. The number of likely N-dealkylation sites (tertiary alicyclic amines) is 1. The van der Waals surface area contributed by atoms with Crippen LogP contribution in [0.4, 0.5) is 0 Å². The SMILES string of the molecule is c1cc2c(cc1CN(CC1CCCNC1)CC1CCCN1C1CCCCN1)OCO2. The average Bonchev–Trinajstić information content (AvgIpc) is 3.44. The first-order valence-electron chi connectivity index (χ1n) is 12.2. The van der Waals surface area contributed by atoms with Gasteiger partial charge in [-0.05, 0) is 88.2 Å². The van der Waals surface area contributed by atoms with Gasteiger partial charge in [-0.25, -0.2) is 0 Å². The maximum Gasteiger partial charge on any atom is 0.231 e. The highest BCUT2D eigenvalue weighted by Crippen LogP contribution is 2.33. The molecule has 4 aliphatic rings. The predicted octanol–water partition coefficient (Wildman–Crippen LogP) is 2.78. The van der Waals surface area contributed by atoms with E-state index in [4.69, 9.17) is 9.47 Å². The normalized spacial score (nSPS) is 29.6. The van der Waals surface area contributed by atoms with Gasteiger partial charge in [-0.3, -0.25) is 9.80 Å². The van der Waals surface area contributed by atoms with Crippen molar-refractivity contribution in [3.05, 3.63) is 23.8 Å². The first kappa shape index (κ1) is 20.6. The summed E-state index contributed by atoms with van der Waals surface area (Å²) in [7, 11) is 0. The van der Waals surface area contributed by atoms with Gasteiger partial charge in [0.05, 0.1) is 6.17 Å². The molecule has 0 amide bonds. The Balaban J connectivity index is 1.27. The Morgan fingerprint density at radius 2 is 1.93 bits per heavy atom. The number of piperidine rings is 2. The largest absolute Gasteiger partial charge is 0.454 e. The lowest BCUT2D eigenvalue weighted by Crippen LogP contribution is -2.53. The van der Waals surface area contributed by atoms with Crippen molar-refractivity contribution < 1.29 is 9.47 Å². The number of nitrogens with zero attached hydrogens (tertiary/aromatic N) is 2. The molecule has 0 radical (unpaired) electrons. The van der Waals surface area contributed by atoms with Crippen LogP contribution >= 0.6 is 0 Å². The van der Waals surface area contributed by atoms with Crippen LogP contribution < -0.4 is 20.1 Å². The molecule has 166 valence electrons. The Labute approximate surface area is 181 Å². The second kappa shape index (κ2) is 9.86. The molecule has 3 atom stereocenters. The van der Waals surface area contributed by atoms with E-state index in [1.165, 1.54) is 83.2 Å². The maximum atomic E-state index is 5.63. The summed E-state index contributed by atoms with van der Waals surface area (Å²) in [6.07, 6.45) is 9.94. The van der Waals surface area contributed by atoms with Crippen molar-refractivity contribution in [1.29, 1.82) is 0 Å². The molecule has 6 nitrogen and oxygen atoms in total. The summed E-state index contributed by atoms with van der Waals surface area (Å²) in [6, 6.07) is 7.15. The molecule has 0 saturated carbocycles. The number of fused-ring (bicyclic) bond motifs is 1. The minimum Gasteiger partial charge on any atom is -0.454 e. The molecular weight excluding hydrogens is 376 g/mol. The van der Waals surface area contributed by atoms with Crippen molar-refractivity contribution in [3.63, 3.8) is 0 Å². The van der Waals surface area contributed by atoms with E-state index >= 15 is 0 Å². The summed E-state index contributed by atoms with van der Waals surface area (Å²) in [4.78, 5) is 5.51. The molecule has 4 heterocycles. The minimum absolute atomic E-state index is 0.349. The predicted molar refractivity (Wildman–Crippen MR) is 119 cm³/mol. The fourth-order valence-electron chi connectivity index (χ4n) is 5.83. The Morgan fingerprint density at radius 1 is 0.967 bits per heavy atom. The van der Waals surface area contributed by atoms with E-state index in [0.29, 0.717) is 19.0 Å². The minimum atomic E-state index is 0.349. The van der Waals surface area contributed by atoms with Crippen LogP contribution in [0.15, 0.2) is 18.2 Å². The van der Waals surface area contributed by atoms with Crippen molar-refractivity contribution in [2.24, 2.45) is 5.92 Å². The monoisotopic (exact) mass is 414 g/mol. The summed E-state index contributed by atoms with van der Waals surface area (Å²) < 4.78 is 11.1. The van der Waals surface area contributed by atoms with E-state index in [2.05, 4.69) is 38.6 Å². The molecule has 1 aromatic rings. The number of hydrogen-bond donors (Lipinski definition) is 2. The smallest absolute Gasteiger partial charge is 0.231 e. The number of nitrogens with one attached hydrogen (secondary N) is 2.